The Labute approximate surface area is 453 Å². The third kappa shape index (κ3) is 9.17. The second kappa shape index (κ2) is 20.2. The number of pyridine rings is 5. The van der Waals surface area contributed by atoms with Crippen LogP contribution in [0.3, 0.4) is 0 Å². The van der Waals surface area contributed by atoms with E-state index in [0.29, 0.717) is 50.2 Å². The summed E-state index contributed by atoms with van der Waals surface area (Å²) in [6, 6.07) is 60.2. The summed E-state index contributed by atoms with van der Waals surface area (Å²) in [5.41, 5.74) is 5.19. The summed E-state index contributed by atoms with van der Waals surface area (Å²) in [5.74, 6) is -0.570. The fourth-order valence-electron chi connectivity index (χ4n) is 8.89. The van der Waals surface area contributed by atoms with Crippen LogP contribution in [0.25, 0.3) is 94.6 Å². The van der Waals surface area contributed by atoms with Crippen LogP contribution in [0.4, 0.5) is 0 Å². The van der Waals surface area contributed by atoms with Crippen LogP contribution in [-0.2, 0) is 45.6 Å². The molecule has 0 spiro atoms. The van der Waals surface area contributed by atoms with Gasteiger partial charge in [-0.15, -0.1) is 82.9 Å². The minimum Gasteiger partial charge on any atom is -0.327 e. The number of nitrogens with zero attached hydrogens (tertiary/aromatic N) is 6. The van der Waals surface area contributed by atoms with E-state index in [1.165, 1.54) is 40.8 Å². The molecule has 0 atom stereocenters. The molecule has 12 aromatic rings. The van der Waals surface area contributed by atoms with Crippen molar-refractivity contribution >= 4 is 27.5 Å². The zero-order chi connectivity index (χ0) is 59.8. The molecule has 0 unspecified atom stereocenters. The van der Waals surface area contributed by atoms with E-state index in [1.807, 2.05) is 54.6 Å². The SMILES string of the molecule is [2H]C([2H])([2H])c1nc(C([2H])([2H])[2H])n2c3nc(-c4ccccc4-c4cc(C([2H])([2H])C([2H])([2H])c5c[c-]c(-c6ccccn6)cc5)cc(C([2H])([2H])C([2H])([2H])c5c[c-]c(-c6ccccn6)cc5)c4)c[c-]c3c3nccc(-c4ccc(-c5ccccc5)cc4)c3c12.[Ir+3]. The van der Waals surface area contributed by atoms with Gasteiger partial charge in [-0.05, 0) is 117 Å². The van der Waals surface area contributed by atoms with Gasteiger partial charge >= 0.3 is 20.1 Å². The Kier molecular flexibility index (Phi) is 9.18. The van der Waals surface area contributed by atoms with Crippen LogP contribution in [0.5, 0.6) is 0 Å². The van der Waals surface area contributed by atoms with Crippen molar-refractivity contribution in [3.63, 3.8) is 0 Å². The van der Waals surface area contributed by atoms with Gasteiger partial charge in [0, 0.05) is 43.3 Å². The number of fused-ring (bicyclic) bond motifs is 6. The molecule has 6 heterocycles. The molecule has 0 fully saturated rings. The first-order chi connectivity index (χ1) is 40.4. The molecule has 0 amide bonds. The maximum absolute atomic E-state index is 9.71. The number of benzene rings is 6. The molecule has 72 heavy (non-hydrogen) atoms. The zero-order valence-electron chi connectivity index (χ0n) is 52.1. The fraction of sp³-hybridized carbons (Fsp3) is 0.0923. The Balaban J connectivity index is 0.00000768. The van der Waals surface area contributed by atoms with E-state index in [0.717, 1.165) is 17.2 Å². The maximum atomic E-state index is 9.71. The molecule has 0 saturated carbocycles. The Bertz CT molecular complexity index is 4360. The van der Waals surface area contributed by atoms with Crippen molar-refractivity contribution in [1.29, 1.82) is 0 Å². The molecule has 0 bridgehead atoms. The molecule has 6 aromatic carbocycles. The van der Waals surface area contributed by atoms with E-state index in [-0.39, 0.29) is 75.7 Å². The van der Waals surface area contributed by atoms with Gasteiger partial charge < -0.3 is 24.3 Å². The molecule has 6 aromatic heterocycles. The molecule has 0 aliphatic rings. The number of hydrogen-bond acceptors (Lipinski definition) is 5. The normalized spacial score (nSPS) is 15.3. The van der Waals surface area contributed by atoms with Crippen LogP contribution in [0, 0.1) is 31.9 Å². The van der Waals surface area contributed by atoms with Gasteiger partial charge in [-0.3, -0.25) is 0 Å². The van der Waals surface area contributed by atoms with Crippen LogP contribution in [0.1, 0.15) is 53.0 Å². The largest absolute Gasteiger partial charge is 3.00 e. The van der Waals surface area contributed by atoms with Gasteiger partial charge in [-0.1, -0.05) is 139 Å². The van der Waals surface area contributed by atoms with Gasteiger partial charge in [0.05, 0.1) is 16.9 Å². The van der Waals surface area contributed by atoms with Crippen molar-refractivity contribution in [2.24, 2.45) is 0 Å². The number of imidazole rings is 1. The van der Waals surface area contributed by atoms with Crippen LogP contribution in [0.2, 0.25) is 0 Å². The summed E-state index contributed by atoms with van der Waals surface area (Å²) in [5, 5.41) is 0.539. The van der Waals surface area contributed by atoms with Gasteiger partial charge in [-0.2, -0.15) is 0 Å². The maximum Gasteiger partial charge on any atom is 3.00 e. The number of aromatic nitrogens is 6. The van der Waals surface area contributed by atoms with Crippen LogP contribution in [-0.4, -0.2) is 29.3 Å². The third-order valence-electron chi connectivity index (χ3n) is 12.3. The summed E-state index contributed by atoms with van der Waals surface area (Å²) in [7, 11) is 0. The minimum atomic E-state index is -2.98. The Hall–Kier alpha value is -8.22. The first-order valence-electron chi connectivity index (χ1n) is 29.8. The van der Waals surface area contributed by atoms with Crippen LogP contribution in [0.15, 0.2) is 201 Å². The molecule has 346 valence electrons. The second-order valence-corrected chi connectivity index (χ2v) is 16.7. The molecule has 0 radical (unpaired) electrons. The van der Waals surface area contributed by atoms with Crippen LogP contribution < -0.4 is 0 Å². The summed E-state index contributed by atoms with van der Waals surface area (Å²) in [6.07, 6.45) is -6.73. The minimum absolute atomic E-state index is 0. The average molecular weight is 1120 g/mol. The number of hydrogen-bond donors (Lipinski definition) is 0. The van der Waals surface area contributed by atoms with E-state index in [9.17, 15) is 11.0 Å². The molecule has 0 aliphatic carbocycles. The summed E-state index contributed by atoms with van der Waals surface area (Å²) < 4.78 is 131. The van der Waals surface area contributed by atoms with Gasteiger partial charge in [0.25, 0.3) is 0 Å². The van der Waals surface area contributed by atoms with Crippen molar-refractivity contribution in [1.82, 2.24) is 29.3 Å². The number of aryl methyl sites for hydroxylation is 6. The van der Waals surface area contributed by atoms with Gasteiger partial charge in [0.1, 0.15) is 5.82 Å². The van der Waals surface area contributed by atoms with Crippen molar-refractivity contribution in [3.05, 3.63) is 253 Å². The van der Waals surface area contributed by atoms with E-state index in [1.54, 1.807) is 104 Å². The van der Waals surface area contributed by atoms with Gasteiger partial charge in [-0.25, -0.2) is 4.98 Å². The van der Waals surface area contributed by atoms with Crippen molar-refractivity contribution in [2.45, 2.75) is 39.2 Å². The van der Waals surface area contributed by atoms with E-state index in [4.69, 9.17) is 18.2 Å². The van der Waals surface area contributed by atoms with E-state index < -0.39 is 50.7 Å². The monoisotopic (exact) mass is 1120 g/mol. The molecule has 0 N–H and O–H groups in total. The molecule has 12 rings (SSSR count). The third-order valence-corrected chi connectivity index (χ3v) is 12.3. The van der Waals surface area contributed by atoms with E-state index in [2.05, 4.69) is 33.2 Å². The topological polar surface area (TPSA) is 68.9 Å². The standard InChI is InChI=1S/C65H47N6.Ir/c1-43-64-62-56(51-32-30-50(31-33-51)49-12-4-3-5-13-49)36-39-68-63(62)58-34-35-61(70-65(58)71(64)44(2)69-43)57-15-7-6-14-55(57)54-41-47(20-18-45-22-26-52(27-23-45)59-16-8-10-37-66-59)40-48(42-54)21-19-46-24-28-53(29-25-46)60-17-9-11-38-67-60;/h3-17,22-26,28,30-33,35-42H,18-21H2,1-2H3;/q-3;+3/i1D3,2D3,18D2,19D2,20D2,21D2;. The smallest absolute Gasteiger partial charge is 0.327 e. The molecule has 7 heteroatoms. The molecule has 6 nitrogen and oxygen atoms in total. The summed E-state index contributed by atoms with van der Waals surface area (Å²) in [6.45, 7) is -5.91. The summed E-state index contributed by atoms with van der Waals surface area (Å²) in [4.78, 5) is 23.0. The van der Waals surface area contributed by atoms with Crippen LogP contribution >= 0.6 is 0 Å². The first-order valence-corrected chi connectivity index (χ1v) is 22.8. The summed E-state index contributed by atoms with van der Waals surface area (Å²) >= 11 is 0. The average Bonchev–Trinajstić information content (AvgIpc) is 1.43. The second-order valence-electron chi connectivity index (χ2n) is 16.7. The Morgan fingerprint density at radius 1 is 0.472 bits per heavy atom. The van der Waals surface area contributed by atoms with Crippen molar-refractivity contribution in [2.75, 3.05) is 0 Å². The Morgan fingerprint density at radius 2 is 1.08 bits per heavy atom. The molecular weight excluding hydrogens is 1060 g/mol. The number of rotatable bonds is 12. The predicted molar refractivity (Wildman–Crippen MR) is 288 cm³/mol. The molecular formula is C65H47IrN6. The predicted octanol–water partition coefficient (Wildman–Crippen LogP) is 14.8. The molecule has 0 saturated heterocycles. The van der Waals surface area contributed by atoms with Crippen molar-refractivity contribution in [3.8, 4) is 67.2 Å². The first kappa shape index (κ1) is 32.6. The molecule has 0 aliphatic heterocycles. The van der Waals surface area contributed by atoms with Gasteiger partial charge in [0.15, 0.2) is 0 Å². The van der Waals surface area contributed by atoms with E-state index >= 15 is 0 Å². The fourth-order valence-corrected chi connectivity index (χ4v) is 8.89. The van der Waals surface area contributed by atoms with Crippen molar-refractivity contribution < 1.29 is 39.3 Å². The zero-order valence-corrected chi connectivity index (χ0v) is 40.5. The Morgan fingerprint density at radius 3 is 1.69 bits per heavy atom. The van der Waals surface area contributed by atoms with Gasteiger partial charge in [0.2, 0.25) is 0 Å². The quantitative estimate of drug-likeness (QED) is 0.0901.